The Bertz CT molecular complexity index is 1410. The predicted molar refractivity (Wildman–Crippen MR) is 132 cm³/mol. The molecule has 2 aromatic carbocycles. The van der Waals surface area contributed by atoms with E-state index < -0.39 is 0 Å². The molecule has 2 N–H and O–H groups in total. The van der Waals surface area contributed by atoms with Crippen LogP contribution in [0.4, 0.5) is 5.82 Å². The molecule has 34 heavy (non-hydrogen) atoms. The summed E-state index contributed by atoms with van der Waals surface area (Å²) in [6, 6.07) is 17.7. The summed E-state index contributed by atoms with van der Waals surface area (Å²) in [4.78, 5) is 22.9. The molecule has 0 unspecified atom stereocenters. The van der Waals surface area contributed by atoms with Crippen molar-refractivity contribution in [2.45, 2.75) is 26.3 Å². The molecule has 0 aliphatic carbocycles. The lowest BCUT2D eigenvalue weighted by Gasteiger charge is -2.17. The smallest absolute Gasteiger partial charge is 0.298 e. The number of benzene rings is 2. The van der Waals surface area contributed by atoms with Gasteiger partial charge in [0.05, 0.1) is 11.4 Å². The van der Waals surface area contributed by atoms with Crippen molar-refractivity contribution in [1.82, 2.24) is 19.4 Å². The quantitative estimate of drug-likeness (QED) is 0.459. The van der Waals surface area contributed by atoms with Gasteiger partial charge in [0.25, 0.3) is 5.91 Å². The monoisotopic (exact) mass is 451 g/mol. The van der Waals surface area contributed by atoms with E-state index in [0.717, 1.165) is 45.8 Å². The Morgan fingerprint density at radius 3 is 2.56 bits per heavy atom. The second-order valence-corrected chi connectivity index (χ2v) is 8.30. The van der Waals surface area contributed by atoms with Crippen LogP contribution < -0.4 is 10.5 Å². The minimum absolute atomic E-state index is 0.0915. The molecule has 5 rings (SSSR count). The number of hydrogen-bond acceptors (Lipinski definition) is 5. The zero-order valence-electron chi connectivity index (χ0n) is 19.2. The summed E-state index contributed by atoms with van der Waals surface area (Å²) in [5, 5.41) is 0.829. The lowest BCUT2D eigenvalue weighted by atomic mass is 10.0. The molecule has 4 aromatic rings. The third-order valence-corrected chi connectivity index (χ3v) is 6.23. The molecule has 0 spiro atoms. The van der Waals surface area contributed by atoms with Crippen molar-refractivity contribution in [3.8, 4) is 34.5 Å². The zero-order chi connectivity index (χ0) is 23.7. The fourth-order valence-corrected chi connectivity index (χ4v) is 4.71. The Morgan fingerprint density at radius 1 is 1.09 bits per heavy atom. The minimum atomic E-state index is -0.137. The normalized spacial score (nSPS) is 15.2. The van der Waals surface area contributed by atoms with Crippen molar-refractivity contribution in [2.75, 3.05) is 18.8 Å². The fraction of sp³-hybridized carbons (Fsp3) is 0.222. The molecule has 170 valence electrons. The van der Waals surface area contributed by atoms with Crippen molar-refractivity contribution in [2.24, 2.45) is 0 Å². The Hall–Kier alpha value is -4.31. The van der Waals surface area contributed by atoms with Crippen molar-refractivity contribution in [1.29, 1.82) is 0 Å². The standard InChI is InChI=1S/C27H25N5O2/c1-3-7-23(33)31-15-14-20(16-31)32-18(2)24(25-26(28)29-17-30-27(25)32)19-10-12-22(13-11-19)34-21-8-5-4-6-9-21/h4-6,8-13,17,20H,14-16H2,1-2H3,(H2,28,29,30)/t20-/m1/s1. The first kappa shape index (κ1) is 21.5. The number of para-hydroxylation sites is 1. The van der Waals surface area contributed by atoms with Gasteiger partial charge >= 0.3 is 0 Å². The number of amides is 1. The second-order valence-electron chi connectivity index (χ2n) is 8.30. The Labute approximate surface area is 198 Å². The molecule has 2 aromatic heterocycles. The molecule has 3 heterocycles. The van der Waals surface area contributed by atoms with E-state index in [4.69, 9.17) is 10.5 Å². The average molecular weight is 452 g/mol. The lowest BCUT2D eigenvalue weighted by molar-refractivity contribution is -0.124. The summed E-state index contributed by atoms with van der Waals surface area (Å²) in [5.41, 5.74) is 10.2. The lowest BCUT2D eigenvalue weighted by Crippen LogP contribution is -2.27. The van der Waals surface area contributed by atoms with Crippen LogP contribution >= 0.6 is 0 Å². The van der Waals surface area contributed by atoms with E-state index in [1.54, 1.807) is 11.8 Å². The molecule has 1 saturated heterocycles. The minimum Gasteiger partial charge on any atom is -0.457 e. The van der Waals surface area contributed by atoms with Gasteiger partial charge in [-0.15, -0.1) is 0 Å². The van der Waals surface area contributed by atoms with Crippen LogP contribution in [0.25, 0.3) is 22.2 Å². The van der Waals surface area contributed by atoms with Gasteiger partial charge in [0.2, 0.25) is 0 Å². The van der Waals surface area contributed by atoms with E-state index in [0.29, 0.717) is 18.9 Å². The molecule has 1 fully saturated rings. The molecule has 7 heteroatoms. The largest absolute Gasteiger partial charge is 0.457 e. The highest BCUT2D eigenvalue weighted by Gasteiger charge is 2.31. The number of rotatable bonds is 4. The third-order valence-electron chi connectivity index (χ3n) is 6.23. The number of ether oxygens (including phenoxy) is 1. The van der Waals surface area contributed by atoms with Gasteiger partial charge in [-0.25, -0.2) is 9.97 Å². The Kier molecular flexibility index (Phi) is 5.64. The van der Waals surface area contributed by atoms with Crippen LogP contribution in [0.1, 0.15) is 25.1 Å². The number of anilines is 1. The second kappa shape index (κ2) is 8.91. The first-order valence-electron chi connectivity index (χ1n) is 11.2. The van der Waals surface area contributed by atoms with Gasteiger partial charge < -0.3 is 19.9 Å². The zero-order valence-corrected chi connectivity index (χ0v) is 19.2. The third kappa shape index (κ3) is 3.84. The van der Waals surface area contributed by atoms with Crippen LogP contribution in [-0.4, -0.2) is 38.4 Å². The Morgan fingerprint density at radius 2 is 1.82 bits per heavy atom. The summed E-state index contributed by atoms with van der Waals surface area (Å²) in [6.07, 6.45) is 2.32. The van der Waals surface area contributed by atoms with Gasteiger partial charge in [-0.05, 0) is 56.0 Å². The van der Waals surface area contributed by atoms with E-state index in [9.17, 15) is 4.79 Å². The van der Waals surface area contributed by atoms with Crippen LogP contribution in [0.5, 0.6) is 11.5 Å². The molecule has 0 radical (unpaired) electrons. The number of aromatic nitrogens is 3. The molecule has 0 bridgehead atoms. The topological polar surface area (TPSA) is 86.3 Å². The maximum Gasteiger partial charge on any atom is 0.298 e. The van der Waals surface area contributed by atoms with Crippen molar-refractivity contribution in [3.63, 3.8) is 0 Å². The van der Waals surface area contributed by atoms with Crippen molar-refractivity contribution >= 4 is 22.8 Å². The van der Waals surface area contributed by atoms with Gasteiger partial charge in [-0.3, -0.25) is 4.79 Å². The summed E-state index contributed by atoms with van der Waals surface area (Å²) in [6.45, 7) is 5.00. The van der Waals surface area contributed by atoms with E-state index in [1.807, 2.05) is 54.6 Å². The first-order chi connectivity index (χ1) is 16.6. The van der Waals surface area contributed by atoms with Crippen LogP contribution in [0.2, 0.25) is 0 Å². The van der Waals surface area contributed by atoms with E-state index in [2.05, 4.69) is 33.3 Å². The van der Waals surface area contributed by atoms with Gasteiger partial charge in [-0.2, -0.15) is 0 Å². The first-order valence-corrected chi connectivity index (χ1v) is 11.2. The number of nitrogens with zero attached hydrogens (tertiary/aromatic N) is 4. The molecular formula is C27H25N5O2. The molecule has 1 amide bonds. The summed E-state index contributed by atoms with van der Waals surface area (Å²) < 4.78 is 8.15. The molecule has 1 aliphatic rings. The van der Waals surface area contributed by atoms with E-state index in [-0.39, 0.29) is 11.9 Å². The molecule has 1 aliphatic heterocycles. The highest BCUT2D eigenvalue weighted by atomic mass is 16.5. The van der Waals surface area contributed by atoms with E-state index >= 15 is 0 Å². The van der Waals surface area contributed by atoms with Crippen LogP contribution in [0.15, 0.2) is 60.9 Å². The number of fused-ring (bicyclic) bond motifs is 1. The average Bonchev–Trinajstić information content (AvgIpc) is 3.43. The van der Waals surface area contributed by atoms with Gasteiger partial charge in [0.1, 0.15) is 29.3 Å². The molecule has 0 saturated carbocycles. The molecular weight excluding hydrogens is 426 g/mol. The summed E-state index contributed by atoms with van der Waals surface area (Å²) >= 11 is 0. The van der Waals surface area contributed by atoms with Crippen molar-refractivity contribution in [3.05, 3.63) is 66.6 Å². The number of nitrogens with two attached hydrogens (primary N) is 1. The summed E-state index contributed by atoms with van der Waals surface area (Å²) in [5.74, 6) is 7.18. The van der Waals surface area contributed by atoms with Crippen molar-refractivity contribution < 1.29 is 9.53 Å². The highest BCUT2D eigenvalue weighted by Crippen LogP contribution is 2.40. The summed E-state index contributed by atoms with van der Waals surface area (Å²) in [7, 11) is 0. The van der Waals surface area contributed by atoms with Crippen LogP contribution in [-0.2, 0) is 4.79 Å². The maximum absolute atomic E-state index is 12.3. The predicted octanol–water partition coefficient (Wildman–Crippen LogP) is 4.58. The van der Waals surface area contributed by atoms with Gasteiger partial charge in [0, 0.05) is 24.3 Å². The fourth-order valence-electron chi connectivity index (χ4n) is 4.71. The Balaban J connectivity index is 1.53. The van der Waals surface area contributed by atoms with Gasteiger partial charge in [-0.1, -0.05) is 36.3 Å². The molecule has 1 atom stereocenters. The number of nitrogen functional groups attached to an aromatic ring is 1. The number of carbonyl (C=O) groups excluding carboxylic acids is 1. The number of hydrogen-bond donors (Lipinski definition) is 1. The van der Waals surface area contributed by atoms with Gasteiger partial charge in [0.15, 0.2) is 0 Å². The number of carbonyl (C=O) groups is 1. The van der Waals surface area contributed by atoms with E-state index in [1.165, 1.54) is 6.33 Å². The van der Waals surface area contributed by atoms with Crippen LogP contribution in [0, 0.1) is 18.8 Å². The maximum atomic E-state index is 12.3. The number of likely N-dealkylation sites (tertiary alicyclic amines) is 1. The highest BCUT2D eigenvalue weighted by molar-refractivity contribution is 6.02. The SMILES string of the molecule is CC#CC(=O)N1CC[C@@H](n2c(C)c(-c3ccc(Oc4ccccc4)cc3)c3c(N)ncnc32)C1. The molecule has 7 nitrogen and oxygen atoms in total. The van der Waals surface area contributed by atoms with Crippen LogP contribution in [0.3, 0.4) is 0 Å².